The monoisotopic (exact) mass is 300 g/mol. The van der Waals surface area contributed by atoms with Crippen LogP contribution in [0.25, 0.3) is 10.6 Å². The van der Waals surface area contributed by atoms with Crippen molar-refractivity contribution in [3.05, 3.63) is 65.4 Å². The summed E-state index contributed by atoms with van der Waals surface area (Å²) in [6.07, 6.45) is 1.78. The Morgan fingerprint density at radius 1 is 1.19 bits per heavy atom. The van der Waals surface area contributed by atoms with Crippen LogP contribution in [0.1, 0.15) is 5.56 Å². The van der Waals surface area contributed by atoms with Gasteiger partial charge in [0.25, 0.3) is 0 Å². The van der Waals surface area contributed by atoms with Crippen LogP contribution in [-0.4, -0.2) is 10.1 Å². The van der Waals surface area contributed by atoms with E-state index in [4.69, 9.17) is 5.11 Å². The highest BCUT2D eigenvalue weighted by Gasteiger charge is 2.03. The van der Waals surface area contributed by atoms with Crippen LogP contribution in [0.4, 0.5) is 10.1 Å². The minimum Gasteiger partial charge on any atom is -0.505 e. The van der Waals surface area contributed by atoms with Crippen LogP contribution in [-0.2, 0) is 6.54 Å². The second-order valence-electron chi connectivity index (χ2n) is 4.56. The molecule has 21 heavy (non-hydrogen) atoms. The molecule has 0 aliphatic carbocycles. The quantitative estimate of drug-likeness (QED) is 0.756. The molecule has 0 saturated carbocycles. The minimum atomic E-state index is -0.606. The molecule has 0 radical (unpaired) electrons. The van der Waals surface area contributed by atoms with Crippen molar-refractivity contribution < 1.29 is 9.50 Å². The molecule has 2 aromatic carbocycles. The van der Waals surface area contributed by atoms with E-state index in [2.05, 4.69) is 10.3 Å². The fraction of sp³-hybridized carbons (Fsp3) is 0.0625. The number of hydrogen-bond acceptors (Lipinski definition) is 4. The van der Waals surface area contributed by atoms with Crippen molar-refractivity contribution in [1.29, 1.82) is 0 Å². The number of aromatic nitrogens is 1. The first-order valence-corrected chi connectivity index (χ1v) is 7.31. The number of benzene rings is 2. The molecule has 0 spiro atoms. The molecule has 2 N–H and O–H groups in total. The van der Waals surface area contributed by atoms with Gasteiger partial charge in [0, 0.05) is 29.4 Å². The maximum atomic E-state index is 13.3. The lowest BCUT2D eigenvalue weighted by Gasteiger charge is -2.08. The topological polar surface area (TPSA) is 45.1 Å². The summed E-state index contributed by atoms with van der Waals surface area (Å²) in [6.45, 7) is 0.485. The SMILES string of the molecule is Oc1ccc(CNc2cccc(-c3nccs3)c2)cc1F. The summed E-state index contributed by atoms with van der Waals surface area (Å²) in [6, 6.07) is 12.3. The van der Waals surface area contributed by atoms with E-state index >= 15 is 0 Å². The normalized spacial score (nSPS) is 10.5. The third kappa shape index (κ3) is 3.20. The summed E-state index contributed by atoms with van der Waals surface area (Å²) in [5.74, 6) is -0.935. The molecule has 1 aromatic heterocycles. The molecule has 0 atom stereocenters. The van der Waals surface area contributed by atoms with Crippen LogP contribution in [0.2, 0.25) is 0 Å². The van der Waals surface area contributed by atoms with Gasteiger partial charge in [-0.25, -0.2) is 9.37 Å². The van der Waals surface area contributed by atoms with Gasteiger partial charge in [-0.3, -0.25) is 0 Å². The highest BCUT2D eigenvalue weighted by Crippen LogP contribution is 2.25. The van der Waals surface area contributed by atoms with Gasteiger partial charge in [0.1, 0.15) is 5.01 Å². The molecule has 106 valence electrons. The van der Waals surface area contributed by atoms with Crippen LogP contribution in [0.5, 0.6) is 5.75 Å². The van der Waals surface area contributed by atoms with Crippen LogP contribution >= 0.6 is 11.3 Å². The maximum Gasteiger partial charge on any atom is 0.165 e. The second-order valence-corrected chi connectivity index (χ2v) is 5.45. The van der Waals surface area contributed by atoms with Crippen molar-refractivity contribution in [3.8, 4) is 16.3 Å². The molecule has 3 nitrogen and oxygen atoms in total. The number of anilines is 1. The number of aromatic hydroxyl groups is 1. The van der Waals surface area contributed by atoms with Gasteiger partial charge in [-0.2, -0.15) is 0 Å². The molecule has 0 unspecified atom stereocenters. The van der Waals surface area contributed by atoms with Crippen molar-refractivity contribution in [2.45, 2.75) is 6.54 Å². The smallest absolute Gasteiger partial charge is 0.165 e. The molecular weight excluding hydrogens is 287 g/mol. The van der Waals surface area contributed by atoms with Gasteiger partial charge in [0.15, 0.2) is 11.6 Å². The molecule has 0 aliphatic rings. The van der Waals surface area contributed by atoms with Gasteiger partial charge in [-0.15, -0.1) is 11.3 Å². The van der Waals surface area contributed by atoms with Crippen molar-refractivity contribution in [1.82, 2.24) is 4.98 Å². The number of hydrogen-bond donors (Lipinski definition) is 2. The Kier molecular flexibility index (Phi) is 3.83. The van der Waals surface area contributed by atoms with Gasteiger partial charge in [0.05, 0.1) is 0 Å². The van der Waals surface area contributed by atoms with Gasteiger partial charge in [0.2, 0.25) is 0 Å². The fourth-order valence-electron chi connectivity index (χ4n) is 1.99. The van der Waals surface area contributed by atoms with Crippen LogP contribution in [0.15, 0.2) is 54.0 Å². The Morgan fingerprint density at radius 3 is 2.86 bits per heavy atom. The Bertz CT molecular complexity index is 744. The first kappa shape index (κ1) is 13.6. The van der Waals surface area contributed by atoms with Gasteiger partial charge < -0.3 is 10.4 Å². The van der Waals surface area contributed by atoms with E-state index in [0.717, 1.165) is 21.8 Å². The average Bonchev–Trinajstić information content (AvgIpc) is 3.03. The van der Waals surface area contributed by atoms with Gasteiger partial charge in [-0.1, -0.05) is 18.2 Å². The van der Waals surface area contributed by atoms with E-state index < -0.39 is 5.82 Å². The predicted molar refractivity (Wildman–Crippen MR) is 82.9 cm³/mol. The Balaban J connectivity index is 1.73. The molecule has 1 heterocycles. The lowest BCUT2D eigenvalue weighted by Crippen LogP contribution is -1.99. The van der Waals surface area contributed by atoms with Crippen molar-refractivity contribution in [2.75, 3.05) is 5.32 Å². The molecular formula is C16H13FN2OS. The number of rotatable bonds is 4. The molecule has 3 aromatic rings. The van der Waals surface area contributed by atoms with E-state index in [1.54, 1.807) is 23.6 Å². The van der Waals surface area contributed by atoms with E-state index in [-0.39, 0.29) is 5.75 Å². The zero-order chi connectivity index (χ0) is 14.7. The third-order valence-electron chi connectivity index (χ3n) is 3.05. The van der Waals surface area contributed by atoms with Crippen LogP contribution in [0, 0.1) is 5.82 Å². The van der Waals surface area contributed by atoms with E-state index in [0.29, 0.717) is 6.54 Å². The highest BCUT2D eigenvalue weighted by molar-refractivity contribution is 7.13. The molecule has 0 amide bonds. The summed E-state index contributed by atoms with van der Waals surface area (Å²) >= 11 is 1.59. The van der Waals surface area contributed by atoms with Crippen molar-refractivity contribution >= 4 is 17.0 Å². The van der Waals surface area contributed by atoms with Crippen LogP contribution in [0.3, 0.4) is 0 Å². The fourth-order valence-corrected chi connectivity index (χ4v) is 2.63. The summed E-state index contributed by atoms with van der Waals surface area (Å²) in [4.78, 5) is 4.28. The zero-order valence-corrected chi connectivity index (χ0v) is 11.9. The highest BCUT2D eigenvalue weighted by atomic mass is 32.1. The van der Waals surface area contributed by atoms with Gasteiger partial charge in [-0.05, 0) is 29.8 Å². The molecule has 0 aliphatic heterocycles. The minimum absolute atomic E-state index is 0.329. The lowest BCUT2D eigenvalue weighted by molar-refractivity contribution is 0.432. The Labute approximate surface area is 125 Å². The predicted octanol–water partition coefficient (Wildman–Crippen LogP) is 4.27. The number of halogens is 1. The van der Waals surface area contributed by atoms with Crippen molar-refractivity contribution in [2.24, 2.45) is 0 Å². The number of nitrogens with zero attached hydrogens (tertiary/aromatic N) is 1. The lowest BCUT2D eigenvalue weighted by atomic mass is 10.2. The Hall–Kier alpha value is -2.40. The standard InChI is InChI=1S/C16H13FN2OS/c17-14-8-11(4-5-15(14)20)10-19-13-3-1-2-12(9-13)16-18-6-7-21-16/h1-9,19-20H,10H2. The molecule has 0 fully saturated rings. The maximum absolute atomic E-state index is 13.3. The second kappa shape index (κ2) is 5.93. The Morgan fingerprint density at radius 2 is 2.10 bits per heavy atom. The number of phenolic OH excluding ortho intramolecular Hbond substituents is 1. The van der Waals surface area contributed by atoms with Crippen molar-refractivity contribution in [3.63, 3.8) is 0 Å². The molecule has 3 rings (SSSR count). The first-order chi connectivity index (χ1) is 10.2. The molecule has 5 heteroatoms. The van der Waals surface area contributed by atoms with E-state index in [9.17, 15) is 4.39 Å². The van der Waals surface area contributed by atoms with E-state index in [1.807, 2.05) is 29.6 Å². The summed E-state index contributed by atoms with van der Waals surface area (Å²) in [7, 11) is 0. The van der Waals surface area contributed by atoms with Crippen LogP contribution < -0.4 is 5.32 Å². The summed E-state index contributed by atoms with van der Waals surface area (Å²) < 4.78 is 13.3. The molecule has 0 saturated heterocycles. The largest absolute Gasteiger partial charge is 0.505 e. The number of thiazole rings is 1. The molecule has 0 bridgehead atoms. The summed E-state index contributed by atoms with van der Waals surface area (Å²) in [5.41, 5.74) is 2.76. The average molecular weight is 300 g/mol. The van der Waals surface area contributed by atoms with Gasteiger partial charge >= 0.3 is 0 Å². The zero-order valence-electron chi connectivity index (χ0n) is 11.1. The first-order valence-electron chi connectivity index (χ1n) is 6.43. The van der Waals surface area contributed by atoms with E-state index in [1.165, 1.54) is 12.1 Å². The summed E-state index contributed by atoms with van der Waals surface area (Å²) in [5, 5.41) is 15.3. The number of nitrogens with one attached hydrogen (secondary N) is 1. The number of phenols is 1. The third-order valence-corrected chi connectivity index (χ3v) is 3.87.